The molecule has 18 heavy (non-hydrogen) atoms. The lowest BCUT2D eigenvalue weighted by atomic mass is 10.0. The van der Waals surface area contributed by atoms with Crippen LogP contribution in [-0.2, 0) is 16.0 Å². The van der Waals surface area contributed by atoms with Gasteiger partial charge in [0.15, 0.2) is 6.04 Å². The fourth-order valence-electron chi connectivity index (χ4n) is 1.54. The molecule has 0 amide bonds. The molecule has 0 radical (unpaired) electrons. The first-order valence-corrected chi connectivity index (χ1v) is 5.22. The highest BCUT2D eigenvalue weighted by Crippen LogP contribution is 2.20. The number of carbonyl (C=O) groups is 1. The van der Waals surface area contributed by atoms with Crippen LogP contribution in [0.4, 0.5) is 5.69 Å². The second-order valence-electron chi connectivity index (χ2n) is 3.57. The van der Waals surface area contributed by atoms with E-state index in [4.69, 9.17) is 0 Å². The van der Waals surface area contributed by atoms with Gasteiger partial charge in [-0.25, -0.2) is 4.79 Å². The van der Waals surface area contributed by atoms with Gasteiger partial charge in [0.05, 0.1) is 12.0 Å². The standard InChI is InChI=1S/C11H12N2O5/c1-18-11(14)9(12-15)7-6-8-4-2-3-5-10(8)13(16)17/h2-5,9H,6-7H2,1H3. The van der Waals surface area contributed by atoms with E-state index in [0.29, 0.717) is 5.56 Å². The summed E-state index contributed by atoms with van der Waals surface area (Å²) in [7, 11) is 1.16. The van der Waals surface area contributed by atoms with E-state index in [0.717, 1.165) is 7.11 Å². The number of aryl methyl sites for hydroxylation is 1. The van der Waals surface area contributed by atoms with Gasteiger partial charge in [0.25, 0.3) is 5.69 Å². The molecule has 0 saturated heterocycles. The fourth-order valence-corrected chi connectivity index (χ4v) is 1.54. The molecule has 7 nitrogen and oxygen atoms in total. The monoisotopic (exact) mass is 252 g/mol. The maximum atomic E-state index is 11.1. The summed E-state index contributed by atoms with van der Waals surface area (Å²) in [6, 6.07) is 5.03. The van der Waals surface area contributed by atoms with Crippen LogP contribution in [0.25, 0.3) is 0 Å². The Balaban J connectivity index is 2.76. The van der Waals surface area contributed by atoms with Gasteiger partial charge in [-0.05, 0) is 12.8 Å². The molecular formula is C11H12N2O5. The lowest BCUT2D eigenvalue weighted by Crippen LogP contribution is -2.20. The van der Waals surface area contributed by atoms with Crippen LogP contribution >= 0.6 is 0 Å². The van der Waals surface area contributed by atoms with Crippen molar-refractivity contribution in [1.82, 2.24) is 0 Å². The average molecular weight is 252 g/mol. The molecule has 0 N–H and O–H groups in total. The van der Waals surface area contributed by atoms with Gasteiger partial charge in [-0.3, -0.25) is 10.1 Å². The Morgan fingerprint density at radius 1 is 1.50 bits per heavy atom. The molecule has 0 fully saturated rings. The van der Waals surface area contributed by atoms with Crippen LogP contribution in [0.5, 0.6) is 0 Å². The molecule has 1 aromatic carbocycles. The SMILES string of the molecule is COC(=O)C(CCc1ccccc1[N+](=O)[O-])N=O. The minimum atomic E-state index is -1.13. The van der Waals surface area contributed by atoms with Crippen LogP contribution in [0.1, 0.15) is 12.0 Å². The number of methoxy groups -OCH3 is 1. The first-order chi connectivity index (χ1) is 8.60. The number of nitrogens with zero attached hydrogens (tertiary/aromatic N) is 2. The number of nitro groups is 1. The number of carbonyl (C=O) groups excluding carboxylic acids is 1. The van der Waals surface area contributed by atoms with E-state index in [1.54, 1.807) is 18.2 Å². The first-order valence-electron chi connectivity index (χ1n) is 5.22. The minimum absolute atomic E-state index is 0.0352. The number of benzene rings is 1. The van der Waals surface area contributed by atoms with Crippen molar-refractivity contribution in [3.8, 4) is 0 Å². The van der Waals surface area contributed by atoms with Crippen LogP contribution < -0.4 is 0 Å². The Morgan fingerprint density at radius 3 is 2.72 bits per heavy atom. The lowest BCUT2D eigenvalue weighted by Gasteiger charge is -2.06. The van der Waals surface area contributed by atoms with Crippen LogP contribution in [0.3, 0.4) is 0 Å². The average Bonchev–Trinajstić information content (AvgIpc) is 2.39. The summed E-state index contributed by atoms with van der Waals surface area (Å²) in [6.45, 7) is 0. The molecule has 0 aliphatic carbocycles. The molecule has 7 heteroatoms. The van der Waals surface area contributed by atoms with E-state index >= 15 is 0 Å². The molecule has 1 unspecified atom stereocenters. The van der Waals surface area contributed by atoms with Crippen molar-refractivity contribution in [2.24, 2.45) is 5.18 Å². The predicted molar refractivity (Wildman–Crippen MR) is 63.0 cm³/mol. The Labute approximate surface area is 103 Å². The predicted octanol–water partition coefficient (Wildman–Crippen LogP) is 1.84. The van der Waals surface area contributed by atoms with Crippen LogP contribution in [0, 0.1) is 15.0 Å². The molecule has 0 aliphatic rings. The van der Waals surface area contributed by atoms with Crippen molar-refractivity contribution >= 4 is 11.7 Å². The number of nitro benzene ring substituents is 1. The summed E-state index contributed by atoms with van der Waals surface area (Å²) in [5.41, 5.74) is 0.423. The second-order valence-corrected chi connectivity index (χ2v) is 3.57. The molecule has 0 bridgehead atoms. The second kappa shape index (κ2) is 6.43. The highest BCUT2D eigenvalue weighted by Gasteiger charge is 2.21. The summed E-state index contributed by atoms with van der Waals surface area (Å²) in [5.74, 6) is -0.733. The van der Waals surface area contributed by atoms with Gasteiger partial charge in [0.1, 0.15) is 0 Å². The zero-order valence-electron chi connectivity index (χ0n) is 9.74. The molecule has 0 heterocycles. The van der Waals surface area contributed by atoms with Crippen molar-refractivity contribution < 1.29 is 14.5 Å². The van der Waals surface area contributed by atoms with E-state index < -0.39 is 16.9 Å². The number of ether oxygens (including phenoxy) is 1. The third kappa shape index (κ3) is 3.34. The number of hydrogen-bond donors (Lipinski definition) is 0. The quantitative estimate of drug-likeness (QED) is 0.333. The van der Waals surface area contributed by atoms with Crippen molar-refractivity contribution in [2.45, 2.75) is 18.9 Å². The summed E-state index contributed by atoms with van der Waals surface area (Å²) in [6.07, 6.45) is 0.295. The van der Waals surface area contributed by atoms with E-state index in [2.05, 4.69) is 9.91 Å². The number of rotatable bonds is 6. The van der Waals surface area contributed by atoms with Gasteiger partial charge in [-0.2, -0.15) is 0 Å². The molecule has 1 rings (SSSR count). The Bertz CT molecular complexity index is 461. The number of nitroso groups, excluding NO2 is 1. The fraction of sp³-hybridized carbons (Fsp3) is 0.364. The molecule has 0 spiro atoms. The zero-order valence-corrected chi connectivity index (χ0v) is 9.74. The van der Waals surface area contributed by atoms with Crippen molar-refractivity contribution in [3.63, 3.8) is 0 Å². The molecule has 1 aromatic rings. The van der Waals surface area contributed by atoms with Gasteiger partial charge in [0, 0.05) is 11.6 Å². The van der Waals surface area contributed by atoms with Crippen molar-refractivity contribution in [2.75, 3.05) is 7.11 Å². The van der Waals surface area contributed by atoms with Gasteiger partial charge in [-0.15, -0.1) is 4.91 Å². The highest BCUT2D eigenvalue weighted by molar-refractivity contribution is 5.75. The first kappa shape index (κ1) is 13.8. The molecule has 1 atom stereocenters. The van der Waals surface area contributed by atoms with Gasteiger partial charge in [0.2, 0.25) is 0 Å². The molecule has 96 valence electrons. The van der Waals surface area contributed by atoms with Crippen LogP contribution in [0.15, 0.2) is 29.4 Å². The normalized spacial score (nSPS) is 11.6. The van der Waals surface area contributed by atoms with E-state index in [1.165, 1.54) is 6.07 Å². The van der Waals surface area contributed by atoms with Crippen LogP contribution in [-0.4, -0.2) is 24.0 Å². The van der Waals surface area contributed by atoms with Crippen molar-refractivity contribution in [3.05, 3.63) is 44.9 Å². The maximum absolute atomic E-state index is 11.1. The third-order valence-corrected chi connectivity index (χ3v) is 2.48. The molecule has 0 aromatic heterocycles. The summed E-state index contributed by atoms with van der Waals surface area (Å²) in [5, 5.41) is 13.4. The van der Waals surface area contributed by atoms with E-state index in [1.807, 2.05) is 0 Å². The Hall–Kier alpha value is -2.31. The summed E-state index contributed by atoms with van der Waals surface area (Å²) >= 11 is 0. The highest BCUT2D eigenvalue weighted by atomic mass is 16.6. The van der Waals surface area contributed by atoms with E-state index in [-0.39, 0.29) is 18.5 Å². The summed E-state index contributed by atoms with van der Waals surface area (Å²) in [4.78, 5) is 31.8. The van der Waals surface area contributed by atoms with Crippen LogP contribution in [0.2, 0.25) is 0 Å². The largest absolute Gasteiger partial charge is 0.467 e. The minimum Gasteiger partial charge on any atom is -0.467 e. The lowest BCUT2D eigenvalue weighted by molar-refractivity contribution is -0.385. The number of hydrogen-bond acceptors (Lipinski definition) is 6. The topological polar surface area (TPSA) is 98.9 Å². The van der Waals surface area contributed by atoms with Gasteiger partial charge in [-0.1, -0.05) is 23.4 Å². The summed E-state index contributed by atoms with van der Waals surface area (Å²) < 4.78 is 4.40. The maximum Gasteiger partial charge on any atom is 0.334 e. The van der Waals surface area contributed by atoms with E-state index in [9.17, 15) is 19.8 Å². The van der Waals surface area contributed by atoms with Gasteiger partial charge < -0.3 is 4.74 Å². The van der Waals surface area contributed by atoms with Crippen molar-refractivity contribution in [1.29, 1.82) is 0 Å². The Morgan fingerprint density at radius 2 is 2.17 bits per heavy atom. The molecular weight excluding hydrogens is 240 g/mol. The third-order valence-electron chi connectivity index (χ3n) is 2.48. The molecule has 0 saturated carbocycles. The Kier molecular flexibility index (Phi) is 4.91. The smallest absolute Gasteiger partial charge is 0.334 e. The zero-order chi connectivity index (χ0) is 13.5. The molecule has 0 aliphatic heterocycles. The van der Waals surface area contributed by atoms with Gasteiger partial charge >= 0.3 is 5.97 Å². The number of para-hydroxylation sites is 1. The number of esters is 1.